The van der Waals surface area contributed by atoms with E-state index in [4.69, 9.17) is 24.5 Å². The zero-order valence-corrected chi connectivity index (χ0v) is 12.0. The normalized spacial score (nSPS) is 16.9. The number of hydrogen-bond acceptors (Lipinski definition) is 4. The number of ether oxygens (including phenoxy) is 1. The molecule has 0 spiro atoms. The minimum absolute atomic E-state index is 0.439. The van der Waals surface area contributed by atoms with Crippen molar-refractivity contribution in [1.29, 1.82) is 0 Å². The van der Waals surface area contributed by atoms with Crippen LogP contribution >= 0.6 is 0 Å². The molecule has 2 rings (SSSR count). The highest BCUT2D eigenvalue weighted by Crippen LogP contribution is 2.11. The van der Waals surface area contributed by atoms with Gasteiger partial charge >= 0.3 is 11.9 Å². The van der Waals surface area contributed by atoms with E-state index in [1.807, 2.05) is 0 Å². The molecule has 1 aromatic carbocycles. The Balaban J connectivity index is 0.000000315. The maximum absolute atomic E-state index is 9.10. The minimum atomic E-state index is -1.82. The van der Waals surface area contributed by atoms with Crippen LogP contribution in [0.15, 0.2) is 24.3 Å². The molecular weight excluding hydrogens is 274 g/mol. The summed E-state index contributed by atoms with van der Waals surface area (Å²) in [6.45, 7) is 5.03. The van der Waals surface area contributed by atoms with Gasteiger partial charge in [-0.2, -0.15) is 0 Å². The average Bonchev–Trinajstić information content (AvgIpc) is 2.95. The largest absolute Gasteiger partial charge is 0.473 e. The van der Waals surface area contributed by atoms with Crippen molar-refractivity contribution in [2.24, 2.45) is 0 Å². The van der Waals surface area contributed by atoms with Crippen molar-refractivity contribution in [3.05, 3.63) is 35.4 Å². The quantitative estimate of drug-likeness (QED) is 0.727. The summed E-state index contributed by atoms with van der Waals surface area (Å²) in [5.41, 5.74) is 2.74. The Kier molecular flexibility index (Phi) is 7.42. The second-order valence-electron chi connectivity index (χ2n) is 4.80. The van der Waals surface area contributed by atoms with E-state index < -0.39 is 11.9 Å². The molecule has 1 aromatic rings. The van der Waals surface area contributed by atoms with Gasteiger partial charge in [0.15, 0.2) is 0 Å². The highest BCUT2D eigenvalue weighted by molar-refractivity contribution is 6.27. The van der Waals surface area contributed by atoms with Crippen LogP contribution in [0.2, 0.25) is 0 Å². The highest BCUT2D eigenvalue weighted by Gasteiger charge is 2.14. The first-order valence-electron chi connectivity index (χ1n) is 6.83. The lowest BCUT2D eigenvalue weighted by molar-refractivity contribution is -0.159. The van der Waals surface area contributed by atoms with Crippen LogP contribution in [0.3, 0.4) is 0 Å². The SMILES string of the molecule is Cc1ccccc1CNCC1CCCO1.O=C(O)C(=O)O. The summed E-state index contributed by atoms with van der Waals surface area (Å²) in [6.07, 6.45) is 2.87. The van der Waals surface area contributed by atoms with Crippen LogP contribution in [0.4, 0.5) is 0 Å². The third-order valence-corrected chi connectivity index (χ3v) is 3.16. The maximum Gasteiger partial charge on any atom is 0.414 e. The number of aliphatic carboxylic acids is 2. The van der Waals surface area contributed by atoms with Crippen molar-refractivity contribution in [1.82, 2.24) is 5.32 Å². The molecule has 0 radical (unpaired) electrons. The number of nitrogens with one attached hydrogen (secondary N) is 1. The molecule has 1 saturated heterocycles. The van der Waals surface area contributed by atoms with Crippen molar-refractivity contribution in [2.75, 3.05) is 13.2 Å². The van der Waals surface area contributed by atoms with Crippen LogP contribution in [-0.4, -0.2) is 41.4 Å². The van der Waals surface area contributed by atoms with Gasteiger partial charge in [0.1, 0.15) is 0 Å². The van der Waals surface area contributed by atoms with Gasteiger partial charge in [0.25, 0.3) is 0 Å². The zero-order chi connectivity index (χ0) is 15.7. The molecule has 6 nitrogen and oxygen atoms in total. The van der Waals surface area contributed by atoms with Crippen molar-refractivity contribution in [3.63, 3.8) is 0 Å². The molecule has 21 heavy (non-hydrogen) atoms. The average molecular weight is 295 g/mol. The lowest BCUT2D eigenvalue weighted by atomic mass is 10.1. The van der Waals surface area contributed by atoms with E-state index in [0.717, 1.165) is 19.7 Å². The molecule has 116 valence electrons. The maximum atomic E-state index is 9.10. The van der Waals surface area contributed by atoms with E-state index in [1.165, 1.54) is 24.0 Å². The number of carbonyl (C=O) groups is 2. The first kappa shape index (κ1) is 17.1. The second kappa shape index (κ2) is 9.10. The molecule has 3 N–H and O–H groups in total. The van der Waals surface area contributed by atoms with Gasteiger partial charge in [-0.25, -0.2) is 9.59 Å². The van der Waals surface area contributed by atoms with E-state index in [1.54, 1.807) is 0 Å². The third kappa shape index (κ3) is 6.87. The van der Waals surface area contributed by atoms with Crippen LogP contribution in [0.25, 0.3) is 0 Å². The number of carboxylic acid groups (broad SMARTS) is 2. The molecule has 1 fully saturated rings. The van der Waals surface area contributed by atoms with E-state index in [-0.39, 0.29) is 0 Å². The summed E-state index contributed by atoms with van der Waals surface area (Å²) in [6, 6.07) is 8.51. The minimum Gasteiger partial charge on any atom is -0.473 e. The van der Waals surface area contributed by atoms with Crippen LogP contribution in [0.5, 0.6) is 0 Å². The number of hydrogen-bond donors (Lipinski definition) is 3. The first-order chi connectivity index (χ1) is 10.0. The fourth-order valence-corrected chi connectivity index (χ4v) is 1.98. The molecule has 1 heterocycles. The topological polar surface area (TPSA) is 95.9 Å². The van der Waals surface area contributed by atoms with Gasteiger partial charge in [0, 0.05) is 19.7 Å². The van der Waals surface area contributed by atoms with Gasteiger partial charge in [0.2, 0.25) is 0 Å². The number of rotatable bonds is 4. The summed E-state index contributed by atoms with van der Waals surface area (Å²) in [5, 5.41) is 18.2. The van der Waals surface area contributed by atoms with Crippen LogP contribution in [0, 0.1) is 6.92 Å². The number of carboxylic acids is 2. The molecular formula is C15H21NO5. The Morgan fingerprint density at radius 2 is 1.95 bits per heavy atom. The Morgan fingerprint density at radius 3 is 2.48 bits per heavy atom. The molecule has 1 aliphatic heterocycles. The second-order valence-corrected chi connectivity index (χ2v) is 4.80. The molecule has 0 bridgehead atoms. The fourth-order valence-electron chi connectivity index (χ4n) is 1.98. The molecule has 1 atom stereocenters. The first-order valence-corrected chi connectivity index (χ1v) is 6.83. The molecule has 0 amide bonds. The zero-order valence-electron chi connectivity index (χ0n) is 12.0. The molecule has 6 heteroatoms. The summed E-state index contributed by atoms with van der Waals surface area (Å²) >= 11 is 0. The number of benzene rings is 1. The van der Waals surface area contributed by atoms with Gasteiger partial charge < -0.3 is 20.3 Å². The van der Waals surface area contributed by atoms with E-state index in [2.05, 4.69) is 36.5 Å². The molecule has 0 aromatic heterocycles. The summed E-state index contributed by atoms with van der Waals surface area (Å²) in [7, 11) is 0. The van der Waals surface area contributed by atoms with Crippen molar-refractivity contribution in [3.8, 4) is 0 Å². The van der Waals surface area contributed by atoms with Crippen LogP contribution in [-0.2, 0) is 20.9 Å². The predicted octanol–water partition coefficient (Wildman–Crippen LogP) is 1.42. The standard InChI is InChI=1S/C13H19NO.C2H2O4/c1-11-5-2-3-6-12(11)9-14-10-13-7-4-8-15-13;3-1(4)2(5)6/h2-3,5-6,13-14H,4,7-10H2,1H3;(H,3,4)(H,5,6). The highest BCUT2D eigenvalue weighted by atomic mass is 16.5. The fraction of sp³-hybridized carbons (Fsp3) is 0.467. The lowest BCUT2D eigenvalue weighted by Crippen LogP contribution is -2.26. The smallest absolute Gasteiger partial charge is 0.414 e. The predicted molar refractivity (Wildman–Crippen MR) is 77.1 cm³/mol. The third-order valence-electron chi connectivity index (χ3n) is 3.16. The van der Waals surface area contributed by atoms with Crippen molar-refractivity contribution in [2.45, 2.75) is 32.4 Å². The Hall–Kier alpha value is -1.92. The van der Waals surface area contributed by atoms with E-state index >= 15 is 0 Å². The molecule has 1 unspecified atom stereocenters. The van der Waals surface area contributed by atoms with Crippen LogP contribution < -0.4 is 5.32 Å². The van der Waals surface area contributed by atoms with Gasteiger partial charge in [-0.3, -0.25) is 0 Å². The van der Waals surface area contributed by atoms with Crippen molar-refractivity contribution >= 4 is 11.9 Å². The van der Waals surface area contributed by atoms with Crippen LogP contribution in [0.1, 0.15) is 24.0 Å². The Morgan fingerprint density at radius 1 is 1.29 bits per heavy atom. The molecule has 0 aliphatic carbocycles. The monoisotopic (exact) mass is 295 g/mol. The van der Waals surface area contributed by atoms with Gasteiger partial charge in [-0.1, -0.05) is 24.3 Å². The summed E-state index contributed by atoms with van der Waals surface area (Å²) in [4.78, 5) is 18.2. The summed E-state index contributed by atoms with van der Waals surface area (Å²) in [5.74, 6) is -3.65. The Bertz CT molecular complexity index is 457. The summed E-state index contributed by atoms with van der Waals surface area (Å²) < 4.78 is 5.56. The van der Waals surface area contributed by atoms with Gasteiger partial charge in [-0.15, -0.1) is 0 Å². The number of aryl methyl sites for hydroxylation is 1. The lowest BCUT2D eigenvalue weighted by Gasteiger charge is -2.11. The molecule has 0 saturated carbocycles. The molecule has 1 aliphatic rings. The van der Waals surface area contributed by atoms with E-state index in [9.17, 15) is 0 Å². The van der Waals surface area contributed by atoms with E-state index in [0.29, 0.717) is 6.10 Å². The van der Waals surface area contributed by atoms with Gasteiger partial charge in [0.05, 0.1) is 6.10 Å². The van der Waals surface area contributed by atoms with Crippen molar-refractivity contribution < 1.29 is 24.5 Å². The Labute approximate surface area is 123 Å². The van der Waals surface area contributed by atoms with Gasteiger partial charge in [-0.05, 0) is 30.9 Å².